The molecule has 0 amide bonds. The minimum atomic E-state index is 0.205. The Morgan fingerprint density at radius 1 is 1.26 bits per heavy atom. The molecule has 2 heterocycles. The fourth-order valence-electron chi connectivity index (χ4n) is 2.36. The van der Waals surface area contributed by atoms with Gasteiger partial charge in [-0.25, -0.2) is 4.98 Å². The lowest BCUT2D eigenvalue weighted by Gasteiger charge is -2.23. The fourth-order valence-corrected chi connectivity index (χ4v) is 2.36. The number of fused-ring (bicyclic) bond motifs is 1. The molecular formula is C14H25N5. The van der Waals surface area contributed by atoms with Gasteiger partial charge in [-0.3, -0.25) is 9.25 Å². The average molecular weight is 263 g/mol. The van der Waals surface area contributed by atoms with Gasteiger partial charge >= 0.3 is 0 Å². The van der Waals surface area contributed by atoms with Gasteiger partial charge in [0, 0.05) is 13.6 Å². The number of anilines is 1. The number of hydrogen-bond acceptors (Lipinski definition) is 3. The van der Waals surface area contributed by atoms with Crippen molar-refractivity contribution in [3.8, 4) is 0 Å². The van der Waals surface area contributed by atoms with Gasteiger partial charge in [0.25, 0.3) is 0 Å². The Kier molecular flexibility index (Phi) is 3.56. The summed E-state index contributed by atoms with van der Waals surface area (Å²) in [5, 5.41) is 4.57. The van der Waals surface area contributed by atoms with Crippen LogP contribution in [0.3, 0.4) is 0 Å². The van der Waals surface area contributed by atoms with E-state index in [9.17, 15) is 0 Å². The van der Waals surface area contributed by atoms with Crippen molar-refractivity contribution in [3.05, 3.63) is 5.69 Å². The Morgan fingerprint density at radius 2 is 1.95 bits per heavy atom. The third kappa shape index (κ3) is 2.46. The molecule has 5 nitrogen and oxygen atoms in total. The molecule has 0 radical (unpaired) electrons. The van der Waals surface area contributed by atoms with Crippen molar-refractivity contribution in [2.75, 3.05) is 5.73 Å². The number of aromatic nitrogens is 4. The molecule has 2 aromatic heterocycles. The van der Waals surface area contributed by atoms with E-state index in [1.807, 2.05) is 11.7 Å². The first-order chi connectivity index (χ1) is 8.89. The molecule has 0 aliphatic carbocycles. The summed E-state index contributed by atoms with van der Waals surface area (Å²) in [6, 6.07) is 0. The highest BCUT2D eigenvalue weighted by Crippen LogP contribution is 2.28. The predicted molar refractivity (Wildman–Crippen MR) is 79.0 cm³/mol. The summed E-state index contributed by atoms with van der Waals surface area (Å²) in [4.78, 5) is 4.53. The number of nitrogens with zero attached hydrogens (tertiary/aromatic N) is 4. The smallest absolute Gasteiger partial charge is 0.202 e. The number of rotatable bonds is 5. The molecule has 2 rings (SSSR count). The number of nitrogen functional groups attached to an aromatic ring is 1. The summed E-state index contributed by atoms with van der Waals surface area (Å²) in [7, 11) is 1.97. The van der Waals surface area contributed by atoms with E-state index in [2.05, 4.69) is 42.3 Å². The Morgan fingerprint density at radius 3 is 2.53 bits per heavy atom. The maximum absolute atomic E-state index is 6.10. The van der Waals surface area contributed by atoms with Gasteiger partial charge in [0.15, 0.2) is 5.65 Å². The summed E-state index contributed by atoms with van der Waals surface area (Å²) in [6.07, 6.45) is 3.12. The largest absolute Gasteiger partial charge is 0.369 e. The van der Waals surface area contributed by atoms with Gasteiger partial charge in [-0.05, 0) is 18.3 Å². The summed E-state index contributed by atoms with van der Waals surface area (Å²) in [6.45, 7) is 9.73. The van der Waals surface area contributed by atoms with Gasteiger partial charge in [0.05, 0.1) is 5.69 Å². The van der Waals surface area contributed by atoms with E-state index in [0.29, 0.717) is 5.95 Å². The van der Waals surface area contributed by atoms with Gasteiger partial charge in [0.2, 0.25) is 5.95 Å². The van der Waals surface area contributed by atoms with E-state index < -0.39 is 0 Å². The minimum Gasteiger partial charge on any atom is -0.369 e. The van der Waals surface area contributed by atoms with Crippen LogP contribution in [0.5, 0.6) is 0 Å². The van der Waals surface area contributed by atoms with Crippen LogP contribution < -0.4 is 5.73 Å². The molecule has 0 spiro atoms. The molecule has 0 aliphatic rings. The second-order valence-corrected chi connectivity index (χ2v) is 6.07. The van der Waals surface area contributed by atoms with Crippen molar-refractivity contribution in [1.29, 1.82) is 0 Å². The average Bonchev–Trinajstić information content (AvgIpc) is 2.80. The molecule has 5 heteroatoms. The number of imidazole rings is 1. The van der Waals surface area contributed by atoms with Gasteiger partial charge in [-0.15, -0.1) is 0 Å². The van der Waals surface area contributed by atoms with Crippen LogP contribution in [-0.2, 0) is 20.0 Å². The van der Waals surface area contributed by atoms with Crippen molar-refractivity contribution in [2.45, 2.75) is 53.5 Å². The highest BCUT2D eigenvalue weighted by molar-refractivity contribution is 5.77. The molecule has 0 saturated carbocycles. The van der Waals surface area contributed by atoms with Crippen molar-refractivity contribution in [1.82, 2.24) is 19.3 Å². The zero-order valence-corrected chi connectivity index (χ0v) is 12.7. The van der Waals surface area contributed by atoms with E-state index in [4.69, 9.17) is 5.73 Å². The molecule has 0 saturated heterocycles. The molecule has 2 aromatic rings. The van der Waals surface area contributed by atoms with Crippen LogP contribution in [-0.4, -0.2) is 19.3 Å². The molecule has 106 valence electrons. The number of nitrogens with two attached hydrogens (primary N) is 1. The summed E-state index contributed by atoms with van der Waals surface area (Å²) < 4.78 is 4.01. The van der Waals surface area contributed by atoms with Gasteiger partial charge in [0.1, 0.15) is 5.52 Å². The highest BCUT2D eigenvalue weighted by atomic mass is 15.3. The molecule has 0 fully saturated rings. The van der Waals surface area contributed by atoms with Gasteiger partial charge < -0.3 is 5.73 Å². The standard InChI is InChI=1S/C14H25N5/c1-6-8-10-11-12(18(5)17-10)19(13(15)16-11)9-14(3,4)7-2/h6-9H2,1-5H3,(H2,15,16). The second-order valence-electron chi connectivity index (χ2n) is 6.07. The van der Waals surface area contributed by atoms with Crippen molar-refractivity contribution in [2.24, 2.45) is 12.5 Å². The first-order valence-corrected chi connectivity index (χ1v) is 7.07. The molecule has 0 aliphatic heterocycles. The SMILES string of the molecule is CCCc1nn(C)c2c1nc(N)n2CC(C)(C)CC. The Labute approximate surface area is 114 Å². The summed E-state index contributed by atoms with van der Waals surface area (Å²) in [5.41, 5.74) is 9.38. The summed E-state index contributed by atoms with van der Waals surface area (Å²) >= 11 is 0. The van der Waals surface area contributed by atoms with Crippen LogP contribution in [0.1, 0.15) is 46.2 Å². The molecule has 19 heavy (non-hydrogen) atoms. The van der Waals surface area contributed by atoms with Crippen molar-refractivity contribution < 1.29 is 0 Å². The zero-order chi connectivity index (χ0) is 14.2. The molecule has 0 unspecified atom stereocenters. The van der Waals surface area contributed by atoms with Gasteiger partial charge in [-0.2, -0.15) is 5.10 Å². The lowest BCUT2D eigenvalue weighted by molar-refractivity contribution is 0.298. The first-order valence-electron chi connectivity index (χ1n) is 7.07. The van der Waals surface area contributed by atoms with E-state index in [1.54, 1.807) is 0 Å². The molecular weight excluding hydrogens is 238 g/mol. The monoisotopic (exact) mass is 263 g/mol. The zero-order valence-electron chi connectivity index (χ0n) is 12.7. The maximum Gasteiger partial charge on any atom is 0.202 e. The van der Waals surface area contributed by atoms with Crippen LogP contribution in [0, 0.1) is 5.41 Å². The van der Waals surface area contributed by atoms with E-state index >= 15 is 0 Å². The third-order valence-electron chi connectivity index (χ3n) is 3.85. The highest BCUT2D eigenvalue weighted by Gasteiger charge is 2.23. The molecule has 0 bridgehead atoms. The lowest BCUT2D eigenvalue weighted by Crippen LogP contribution is -2.20. The molecule has 0 atom stereocenters. The van der Waals surface area contributed by atoms with Crippen LogP contribution in [0.15, 0.2) is 0 Å². The van der Waals surface area contributed by atoms with Crippen LogP contribution in [0.25, 0.3) is 11.2 Å². The Hall–Kier alpha value is -1.52. The van der Waals surface area contributed by atoms with E-state index in [0.717, 1.165) is 42.7 Å². The Balaban J connectivity index is 2.52. The van der Waals surface area contributed by atoms with Gasteiger partial charge in [-0.1, -0.05) is 34.1 Å². The molecule has 2 N–H and O–H groups in total. The normalized spacial score (nSPS) is 12.5. The van der Waals surface area contributed by atoms with Crippen molar-refractivity contribution >= 4 is 17.1 Å². The second kappa shape index (κ2) is 4.87. The van der Waals surface area contributed by atoms with E-state index in [1.165, 1.54) is 0 Å². The van der Waals surface area contributed by atoms with Crippen molar-refractivity contribution in [3.63, 3.8) is 0 Å². The quantitative estimate of drug-likeness (QED) is 0.902. The fraction of sp³-hybridized carbons (Fsp3) is 0.714. The minimum absolute atomic E-state index is 0.205. The first kappa shape index (κ1) is 13.9. The van der Waals surface area contributed by atoms with Crippen LogP contribution >= 0.6 is 0 Å². The predicted octanol–water partition coefficient (Wildman–Crippen LogP) is 2.74. The van der Waals surface area contributed by atoms with E-state index in [-0.39, 0.29) is 5.41 Å². The topological polar surface area (TPSA) is 61.7 Å². The maximum atomic E-state index is 6.10. The molecule has 0 aromatic carbocycles. The summed E-state index contributed by atoms with van der Waals surface area (Å²) in [5.74, 6) is 0.599. The van der Waals surface area contributed by atoms with Crippen LogP contribution in [0.4, 0.5) is 5.95 Å². The third-order valence-corrected chi connectivity index (χ3v) is 3.85. The number of aryl methyl sites for hydroxylation is 2. The van der Waals surface area contributed by atoms with Crippen LogP contribution in [0.2, 0.25) is 0 Å². The lowest BCUT2D eigenvalue weighted by atomic mass is 9.90. The number of hydrogen-bond donors (Lipinski definition) is 1. The Bertz CT molecular complexity index is 576.